The van der Waals surface area contributed by atoms with Crippen LogP contribution in [-0.2, 0) is 17.1 Å². The van der Waals surface area contributed by atoms with Crippen LogP contribution in [0.2, 0.25) is 0 Å². The summed E-state index contributed by atoms with van der Waals surface area (Å²) in [6.07, 6.45) is 3.43. The number of rotatable bonds is 7. The standard InChI is InChI=1S/C26H30N6O2S/c1-18-19(2)29-26(30-24(18)32-13-11-31(12-14-32)20(3)33)35-17-22-5-4-6-23(15-22)25(34)28-16-21-7-9-27-10-8-21/h4-10,15H,11-14,16-17H2,1-3H3,(H,28,34). The average molecular weight is 491 g/mol. The number of nitrogens with zero attached hydrogens (tertiary/aromatic N) is 5. The molecule has 0 atom stereocenters. The fourth-order valence-corrected chi connectivity index (χ4v) is 4.76. The number of hydrogen-bond acceptors (Lipinski definition) is 7. The minimum Gasteiger partial charge on any atom is -0.353 e. The Hall–Kier alpha value is -3.46. The number of carbonyl (C=O) groups is 2. The van der Waals surface area contributed by atoms with Crippen LogP contribution in [0.4, 0.5) is 5.82 Å². The molecule has 4 rings (SSSR count). The topological polar surface area (TPSA) is 91.3 Å². The number of anilines is 1. The van der Waals surface area contributed by atoms with E-state index in [1.165, 1.54) is 0 Å². The van der Waals surface area contributed by atoms with Crippen LogP contribution in [0.5, 0.6) is 0 Å². The van der Waals surface area contributed by atoms with Gasteiger partial charge in [-0.05, 0) is 49.2 Å². The van der Waals surface area contributed by atoms with E-state index in [1.54, 1.807) is 31.1 Å². The molecule has 1 N–H and O–H groups in total. The van der Waals surface area contributed by atoms with Gasteiger partial charge in [-0.3, -0.25) is 14.6 Å². The van der Waals surface area contributed by atoms with Crippen LogP contribution in [0.25, 0.3) is 0 Å². The second kappa shape index (κ2) is 11.3. The van der Waals surface area contributed by atoms with Crippen LogP contribution in [-0.4, -0.2) is 57.8 Å². The Kier molecular flexibility index (Phi) is 7.97. The maximum Gasteiger partial charge on any atom is 0.251 e. The predicted octanol–water partition coefficient (Wildman–Crippen LogP) is 3.38. The lowest BCUT2D eigenvalue weighted by atomic mass is 10.1. The summed E-state index contributed by atoms with van der Waals surface area (Å²) in [4.78, 5) is 41.9. The molecule has 1 aliphatic rings. The van der Waals surface area contributed by atoms with Crippen LogP contribution in [0.15, 0.2) is 53.9 Å². The molecule has 0 unspecified atom stereocenters. The van der Waals surface area contributed by atoms with Crippen molar-refractivity contribution in [1.29, 1.82) is 0 Å². The summed E-state index contributed by atoms with van der Waals surface area (Å²) in [5.74, 6) is 1.60. The zero-order chi connectivity index (χ0) is 24.8. The summed E-state index contributed by atoms with van der Waals surface area (Å²) in [5.41, 5.74) is 4.69. The Morgan fingerprint density at radius 2 is 1.74 bits per heavy atom. The fourth-order valence-electron chi connectivity index (χ4n) is 3.93. The summed E-state index contributed by atoms with van der Waals surface area (Å²) >= 11 is 1.56. The smallest absolute Gasteiger partial charge is 0.251 e. The SMILES string of the molecule is CC(=O)N1CCN(c2nc(SCc3cccc(C(=O)NCc4ccncc4)c3)nc(C)c2C)CC1. The van der Waals surface area contributed by atoms with Crippen molar-refractivity contribution in [2.24, 2.45) is 0 Å². The van der Waals surface area contributed by atoms with Crippen LogP contribution < -0.4 is 10.2 Å². The molecule has 0 bridgehead atoms. The molecule has 2 amide bonds. The van der Waals surface area contributed by atoms with Gasteiger partial charge in [0.1, 0.15) is 5.82 Å². The summed E-state index contributed by atoms with van der Waals surface area (Å²) in [6.45, 7) is 9.06. The third-order valence-electron chi connectivity index (χ3n) is 6.13. The first-order chi connectivity index (χ1) is 16.9. The van der Waals surface area contributed by atoms with Crippen molar-refractivity contribution in [3.8, 4) is 0 Å². The number of pyridine rings is 1. The zero-order valence-electron chi connectivity index (χ0n) is 20.3. The van der Waals surface area contributed by atoms with E-state index < -0.39 is 0 Å². The van der Waals surface area contributed by atoms with Crippen LogP contribution in [0.3, 0.4) is 0 Å². The molecule has 9 heteroatoms. The Labute approximate surface area is 210 Å². The van der Waals surface area contributed by atoms with Crippen LogP contribution in [0, 0.1) is 13.8 Å². The Morgan fingerprint density at radius 3 is 2.46 bits per heavy atom. The Morgan fingerprint density at radius 1 is 1.00 bits per heavy atom. The van der Waals surface area contributed by atoms with E-state index in [9.17, 15) is 9.59 Å². The number of aryl methyl sites for hydroxylation is 1. The third-order valence-corrected chi connectivity index (χ3v) is 7.05. The molecule has 182 valence electrons. The molecule has 2 aromatic heterocycles. The lowest BCUT2D eigenvalue weighted by molar-refractivity contribution is -0.129. The van der Waals surface area contributed by atoms with Crippen molar-refractivity contribution < 1.29 is 9.59 Å². The van der Waals surface area contributed by atoms with E-state index in [-0.39, 0.29) is 11.8 Å². The summed E-state index contributed by atoms with van der Waals surface area (Å²) in [6, 6.07) is 11.4. The number of piperazine rings is 1. The molecule has 1 aliphatic heterocycles. The lowest BCUT2D eigenvalue weighted by Crippen LogP contribution is -2.48. The van der Waals surface area contributed by atoms with Crippen LogP contribution in [0.1, 0.15) is 39.7 Å². The van der Waals surface area contributed by atoms with Gasteiger partial charge in [-0.1, -0.05) is 23.9 Å². The minimum atomic E-state index is -0.108. The number of nitrogens with one attached hydrogen (secondary N) is 1. The van der Waals surface area contributed by atoms with Gasteiger partial charge in [0.15, 0.2) is 5.16 Å². The van der Waals surface area contributed by atoms with Gasteiger partial charge < -0.3 is 15.1 Å². The van der Waals surface area contributed by atoms with Crippen LogP contribution >= 0.6 is 11.8 Å². The second-order valence-electron chi connectivity index (χ2n) is 8.56. The van der Waals surface area contributed by atoms with E-state index in [2.05, 4.69) is 20.2 Å². The monoisotopic (exact) mass is 490 g/mol. The highest BCUT2D eigenvalue weighted by atomic mass is 32.2. The predicted molar refractivity (Wildman–Crippen MR) is 137 cm³/mol. The van der Waals surface area contributed by atoms with E-state index in [4.69, 9.17) is 4.98 Å². The van der Waals surface area contributed by atoms with Crippen molar-refractivity contribution in [1.82, 2.24) is 25.2 Å². The van der Waals surface area contributed by atoms with E-state index in [0.29, 0.717) is 36.1 Å². The Bertz CT molecular complexity index is 1200. The molecule has 0 radical (unpaired) electrons. The molecular weight excluding hydrogens is 460 g/mol. The maximum absolute atomic E-state index is 12.6. The number of hydrogen-bond donors (Lipinski definition) is 1. The molecule has 0 spiro atoms. The van der Waals surface area contributed by atoms with E-state index in [0.717, 1.165) is 41.3 Å². The largest absolute Gasteiger partial charge is 0.353 e. The van der Waals surface area contributed by atoms with Gasteiger partial charge in [0.2, 0.25) is 5.91 Å². The second-order valence-corrected chi connectivity index (χ2v) is 9.50. The van der Waals surface area contributed by atoms with Crippen molar-refractivity contribution in [2.45, 2.75) is 38.2 Å². The van der Waals surface area contributed by atoms with Gasteiger partial charge in [-0.25, -0.2) is 9.97 Å². The van der Waals surface area contributed by atoms with Crippen molar-refractivity contribution in [3.05, 3.63) is 76.7 Å². The van der Waals surface area contributed by atoms with E-state index >= 15 is 0 Å². The number of carbonyl (C=O) groups excluding carboxylic acids is 2. The number of benzene rings is 1. The number of aromatic nitrogens is 3. The van der Waals surface area contributed by atoms with Gasteiger partial charge in [-0.2, -0.15) is 0 Å². The van der Waals surface area contributed by atoms with Gasteiger partial charge in [0.05, 0.1) is 0 Å². The molecular formula is C26H30N6O2S. The van der Waals surface area contributed by atoms with Crippen molar-refractivity contribution >= 4 is 29.4 Å². The molecule has 1 saturated heterocycles. The summed E-state index contributed by atoms with van der Waals surface area (Å²) in [5, 5.41) is 3.67. The van der Waals surface area contributed by atoms with E-state index in [1.807, 2.05) is 55.1 Å². The molecule has 0 saturated carbocycles. The zero-order valence-corrected chi connectivity index (χ0v) is 21.1. The van der Waals surface area contributed by atoms with Gasteiger partial charge >= 0.3 is 0 Å². The quantitative estimate of drug-likeness (QED) is 0.401. The van der Waals surface area contributed by atoms with Gasteiger partial charge in [0.25, 0.3) is 5.91 Å². The van der Waals surface area contributed by atoms with Gasteiger partial charge in [0, 0.05) is 74.6 Å². The minimum absolute atomic E-state index is 0.108. The molecule has 8 nitrogen and oxygen atoms in total. The Balaban J connectivity index is 1.39. The summed E-state index contributed by atoms with van der Waals surface area (Å²) in [7, 11) is 0. The molecule has 1 fully saturated rings. The first-order valence-electron chi connectivity index (χ1n) is 11.7. The molecule has 3 aromatic rings. The van der Waals surface area contributed by atoms with Gasteiger partial charge in [-0.15, -0.1) is 0 Å². The molecule has 0 aliphatic carbocycles. The number of thioether (sulfide) groups is 1. The highest BCUT2D eigenvalue weighted by Crippen LogP contribution is 2.27. The third kappa shape index (κ3) is 6.36. The van der Waals surface area contributed by atoms with Crippen molar-refractivity contribution in [3.63, 3.8) is 0 Å². The average Bonchev–Trinajstić information content (AvgIpc) is 2.88. The highest BCUT2D eigenvalue weighted by Gasteiger charge is 2.22. The molecule has 3 heterocycles. The fraction of sp³-hybridized carbons (Fsp3) is 0.346. The molecule has 1 aromatic carbocycles. The first kappa shape index (κ1) is 24.7. The van der Waals surface area contributed by atoms with Crippen molar-refractivity contribution in [2.75, 3.05) is 31.1 Å². The lowest BCUT2D eigenvalue weighted by Gasteiger charge is -2.35. The molecule has 35 heavy (non-hydrogen) atoms. The highest BCUT2D eigenvalue weighted by molar-refractivity contribution is 7.98. The normalized spacial score (nSPS) is 13.6. The summed E-state index contributed by atoms with van der Waals surface area (Å²) < 4.78 is 0. The first-order valence-corrected chi connectivity index (χ1v) is 12.6. The number of amides is 2. The maximum atomic E-state index is 12.6.